The molecule has 5 nitrogen and oxygen atoms in total. The normalized spacial score (nSPS) is 11.1. The van der Waals surface area contributed by atoms with Crippen LogP contribution < -0.4 is 10.1 Å². The number of rotatable bonds is 6. The minimum atomic E-state index is -0.369. The van der Waals surface area contributed by atoms with Crippen LogP contribution in [0.15, 0.2) is 24.5 Å². The molecule has 108 valence electrons. The second kappa shape index (κ2) is 6.47. The molecule has 0 atom stereocenters. The average molecular weight is 278 g/mol. The van der Waals surface area contributed by atoms with E-state index in [9.17, 15) is 4.39 Å². The molecule has 1 N–H and O–H groups in total. The molecule has 1 aromatic heterocycles. The molecular weight excluding hydrogens is 259 g/mol. The summed E-state index contributed by atoms with van der Waals surface area (Å²) < 4.78 is 20.2. The molecule has 0 amide bonds. The van der Waals surface area contributed by atoms with Crippen molar-refractivity contribution in [3.05, 3.63) is 41.7 Å². The number of benzene rings is 1. The number of aromatic nitrogens is 3. The maximum absolute atomic E-state index is 13.6. The van der Waals surface area contributed by atoms with Crippen LogP contribution in [0.4, 0.5) is 4.39 Å². The van der Waals surface area contributed by atoms with Crippen molar-refractivity contribution in [2.75, 3.05) is 7.11 Å². The highest BCUT2D eigenvalue weighted by Crippen LogP contribution is 2.18. The van der Waals surface area contributed by atoms with Gasteiger partial charge in [-0.1, -0.05) is 19.9 Å². The van der Waals surface area contributed by atoms with Crippen molar-refractivity contribution in [2.45, 2.75) is 33.0 Å². The lowest BCUT2D eigenvalue weighted by Crippen LogP contribution is -2.22. The maximum atomic E-state index is 13.6. The smallest absolute Gasteiger partial charge is 0.165 e. The number of ether oxygens (including phenoxy) is 1. The quantitative estimate of drug-likeness (QED) is 0.877. The number of halogens is 1. The SMILES string of the molecule is COc1ccc(Cn2cnc(CNC(C)C)n2)cc1F. The van der Waals surface area contributed by atoms with Gasteiger partial charge in [-0.3, -0.25) is 0 Å². The van der Waals surface area contributed by atoms with E-state index in [2.05, 4.69) is 29.2 Å². The lowest BCUT2D eigenvalue weighted by molar-refractivity contribution is 0.386. The van der Waals surface area contributed by atoms with Gasteiger partial charge in [-0.25, -0.2) is 14.1 Å². The molecule has 6 heteroatoms. The third-order valence-corrected chi connectivity index (χ3v) is 2.81. The number of hydrogen-bond acceptors (Lipinski definition) is 4. The third kappa shape index (κ3) is 3.77. The van der Waals surface area contributed by atoms with Gasteiger partial charge in [0.2, 0.25) is 0 Å². The standard InChI is InChI=1S/C14H19FN4O/c1-10(2)16-7-14-17-9-19(18-14)8-11-4-5-13(20-3)12(15)6-11/h4-6,9-10,16H,7-8H2,1-3H3. The zero-order valence-electron chi connectivity index (χ0n) is 11.9. The summed E-state index contributed by atoms with van der Waals surface area (Å²) >= 11 is 0. The van der Waals surface area contributed by atoms with E-state index in [0.29, 0.717) is 19.1 Å². The van der Waals surface area contributed by atoms with E-state index in [-0.39, 0.29) is 11.6 Å². The van der Waals surface area contributed by atoms with E-state index < -0.39 is 0 Å². The summed E-state index contributed by atoms with van der Waals surface area (Å²) in [5, 5.41) is 7.59. The largest absolute Gasteiger partial charge is 0.494 e. The van der Waals surface area contributed by atoms with E-state index in [1.165, 1.54) is 13.2 Å². The molecule has 1 heterocycles. The Balaban J connectivity index is 2.01. The highest BCUT2D eigenvalue weighted by molar-refractivity contribution is 5.29. The molecule has 0 aliphatic heterocycles. The molecule has 0 aliphatic rings. The van der Waals surface area contributed by atoms with Crippen LogP contribution in [-0.4, -0.2) is 27.9 Å². The highest BCUT2D eigenvalue weighted by Gasteiger charge is 2.06. The summed E-state index contributed by atoms with van der Waals surface area (Å²) in [7, 11) is 1.45. The van der Waals surface area contributed by atoms with E-state index in [1.54, 1.807) is 17.1 Å². The summed E-state index contributed by atoms with van der Waals surface area (Å²) in [4.78, 5) is 4.21. The van der Waals surface area contributed by atoms with Crippen LogP contribution in [0.2, 0.25) is 0 Å². The fraction of sp³-hybridized carbons (Fsp3) is 0.429. The maximum Gasteiger partial charge on any atom is 0.165 e. The Morgan fingerprint density at radius 1 is 1.40 bits per heavy atom. The number of nitrogens with zero attached hydrogens (tertiary/aromatic N) is 3. The van der Waals surface area contributed by atoms with Crippen LogP contribution in [0.25, 0.3) is 0 Å². The lowest BCUT2D eigenvalue weighted by Gasteiger charge is -2.05. The van der Waals surface area contributed by atoms with Crippen molar-refractivity contribution in [2.24, 2.45) is 0 Å². The molecule has 0 aliphatic carbocycles. The molecular formula is C14H19FN4O. The summed E-state index contributed by atoms with van der Waals surface area (Å²) in [6, 6.07) is 5.27. The Hall–Kier alpha value is -1.95. The first-order valence-electron chi connectivity index (χ1n) is 6.52. The van der Waals surface area contributed by atoms with Gasteiger partial charge >= 0.3 is 0 Å². The Kier molecular flexibility index (Phi) is 4.68. The van der Waals surface area contributed by atoms with Gasteiger partial charge in [0, 0.05) is 6.04 Å². The van der Waals surface area contributed by atoms with Crippen LogP contribution in [0.1, 0.15) is 25.2 Å². The Bertz CT molecular complexity index is 568. The molecule has 2 rings (SSSR count). The van der Waals surface area contributed by atoms with Gasteiger partial charge in [-0.2, -0.15) is 5.10 Å². The molecule has 0 radical (unpaired) electrons. The van der Waals surface area contributed by atoms with Crippen LogP contribution in [-0.2, 0) is 13.1 Å². The number of nitrogens with one attached hydrogen (secondary N) is 1. The topological polar surface area (TPSA) is 52.0 Å². The van der Waals surface area contributed by atoms with Crippen molar-refractivity contribution in [3.63, 3.8) is 0 Å². The van der Waals surface area contributed by atoms with E-state index in [4.69, 9.17) is 4.74 Å². The van der Waals surface area contributed by atoms with Crippen molar-refractivity contribution >= 4 is 0 Å². The number of hydrogen-bond donors (Lipinski definition) is 1. The van der Waals surface area contributed by atoms with Gasteiger partial charge in [0.15, 0.2) is 17.4 Å². The number of methoxy groups -OCH3 is 1. The van der Waals surface area contributed by atoms with Gasteiger partial charge in [0.1, 0.15) is 6.33 Å². The predicted molar refractivity (Wildman–Crippen MR) is 74.1 cm³/mol. The van der Waals surface area contributed by atoms with E-state index in [0.717, 1.165) is 11.4 Å². The van der Waals surface area contributed by atoms with Crippen LogP contribution in [0.5, 0.6) is 5.75 Å². The van der Waals surface area contributed by atoms with Crippen molar-refractivity contribution < 1.29 is 9.13 Å². The first-order valence-corrected chi connectivity index (χ1v) is 6.52. The molecule has 2 aromatic rings. The minimum absolute atomic E-state index is 0.245. The van der Waals surface area contributed by atoms with E-state index in [1.807, 2.05) is 6.07 Å². The van der Waals surface area contributed by atoms with Crippen molar-refractivity contribution in [1.82, 2.24) is 20.1 Å². The predicted octanol–water partition coefficient (Wildman–Crippen LogP) is 1.97. The Labute approximate surface area is 117 Å². The summed E-state index contributed by atoms with van der Waals surface area (Å²) in [5.74, 6) is 0.605. The van der Waals surface area contributed by atoms with Crippen molar-refractivity contribution in [3.8, 4) is 5.75 Å². The summed E-state index contributed by atoms with van der Waals surface area (Å²) in [6.45, 7) is 5.24. The first-order chi connectivity index (χ1) is 9.58. The monoisotopic (exact) mass is 278 g/mol. The van der Waals surface area contributed by atoms with Gasteiger partial charge < -0.3 is 10.1 Å². The molecule has 20 heavy (non-hydrogen) atoms. The van der Waals surface area contributed by atoms with Gasteiger partial charge in [0.05, 0.1) is 20.2 Å². The molecule has 1 aromatic carbocycles. The Morgan fingerprint density at radius 3 is 2.85 bits per heavy atom. The van der Waals surface area contributed by atoms with Crippen LogP contribution >= 0.6 is 0 Å². The average Bonchev–Trinajstić information content (AvgIpc) is 2.84. The highest BCUT2D eigenvalue weighted by atomic mass is 19.1. The van der Waals surface area contributed by atoms with Crippen LogP contribution in [0, 0.1) is 5.82 Å². The molecule has 0 saturated heterocycles. The zero-order chi connectivity index (χ0) is 14.5. The molecule has 0 bridgehead atoms. The minimum Gasteiger partial charge on any atom is -0.494 e. The second-order valence-corrected chi connectivity index (χ2v) is 4.86. The fourth-order valence-electron chi connectivity index (χ4n) is 1.78. The zero-order valence-corrected chi connectivity index (χ0v) is 11.9. The Morgan fingerprint density at radius 2 is 2.20 bits per heavy atom. The fourth-order valence-corrected chi connectivity index (χ4v) is 1.78. The van der Waals surface area contributed by atoms with E-state index >= 15 is 0 Å². The van der Waals surface area contributed by atoms with Gasteiger partial charge in [-0.15, -0.1) is 0 Å². The lowest BCUT2D eigenvalue weighted by atomic mass is 10.2. The molecule has 0 saturated carbocycles. The van der Waals surface area contributed by atoms with Gasteiger partial charge in [-0.05, 0) is 17.7 Å². The van der Waals surface area contributed by atoms with Crippen LogP contribution in [0.3, 0.4) is 0 Å². The molecule has 0 unspecified atom stereocenters. The second-order valence-electron chi connectivity index (χ2n) is 4.86. The molecule has 0 spiro atoms. The third-order valence-electron chi connectivity index (χ3n) is 2.81. The first kappa shape index (κ1) is 14.5. The van der Waals surface area contributed by atoms with Crippen molar-refractivity contribution in [1.29, 1.82) is 0 Å². The molecule has 0 fully saturated rings. The van der Waals surface area contributed by atoms with Gasteiger partial charge in [0.25, 0.3) is 0 Å². The summed E-state index contributed by atoms with van der Waals surface area (Å²) in [6.07, 6.45) is 1.65. The summed E-state index contributed by atoms with van der Waals surface area (Å²) in [5.41, 5.74) is 0.816.